The lowest BCUT2D eigenvalue weighted by Gasteiger charge is -1.88. The standard InChI is InChI=1S/C5H5NO2S.H3N/c7-9(8)5-3-1-2-4-6-5;/h1-4H,(H,7,8);1H3. The van der Waals surface area contributed by atoms with Gasteiger partial charge in [-0.05, 0) is 12.1 Å². The largest absolute Gasteiger partial charge is 0.344 e. The van der Waals surface area contributed by atoms with Gasteiger partial charge in [-0.1, -0.05) is 6.07 Å². The van der Waals surface area contributed by atoms with Crippen molar-refractivity contribution >= 4 is 11.1 Å². The minimum absolute atomic E-state index is 0. The fraction of sp³-hybridized carbons (Fsp3) is 0. The first-order valence-electron chi connectivity index (χ1n) is 2.32. The number of nitrogens with zero attached hydrogens (tertiary/aromatic N) is 1. The summed E-state index contributed by atoms with van der Waals surface area (Å²) in [6.07, 6.45) is 1.48. The van der Waals surface area contributed by atoms with E-state index in [2.05, 4.69) is 4.98 Å². The minimum atomic E-state index is -1.94. The van der Waals surface area contributed by atoms with Crippen molar-refractivity contribution in [3.05, 3.63) is 24.4 Å². The molecule has 1 heterocycles. The maximum absolute atomic E-state index is 10.2. The fourth-order valence-electron chi connectivity index (χ4n) is 0.450. The minimum Gasteiger partial charge on any atom is -0.344 e. The number of aromatic nitrogens is 1. The van der Waals surface area contributed by atoms with E-state index in [4.69, 9.17) is 4.55 Å². The maximum Gasteiger partial charge on any atom is 0.205 e. The number of pyridine rings is 1. The summed E-state index contributed by atoms with van der Waals surface area (Å²) in [7, 11) is 0. The van der Waals surface area contributed by atoms with E-state index in [0.29, 0.717) is 0 Å². The molecule has 0 bridgehead atoms. The van der Waals surface area contributed by atoms with Gasteiger partial charge in [0.1, 0.15) is 0 Å². The van der Waals surface area contributed by atoms with Gasteiger partial charge in [-0.2, -0.15) is 0 Å². The number of hydrogen-bond donors (Lipinski definition) is 2. The Morgan fingerprint density at radius 3 is 2.50 bits per heavy atom. The Morgan fingerprint density at radius 2 is 2.20 bits per heavy atom. The third-order valence-corrected chi connectivity index (χ3v) is 1.42. The predicted molar refractivity (Wildman–Crippen MR) is 38.3 cm³/mol. The highest BCUT2D eigenvalue weighted by Crippen LogP contribution is 1.95. The Balaban J connectivity index is 0.000000810. The average molecular weight is 160 g/mol. The maximum atomic E-state index is 10.2. The van der Waals surface area contributed by atoms with Gasteiger partial charge in [-0.25, -0.2) is 9.19 Å². The highest BCUT2D eigenvalue weighted by molar-refractivity contribution is 7.79. The van der Waals surface area contributed by atoms with Crippen LogP contribution >= 0.6 is 0 Å². The Hall–Kier alpha value is -0.780. The van der Waals surface area contributed by atoms with Crippen molar-refractivity contribution < 1.29 is 8.76 Å². The van der Waals surface area contributed by atoms with Crippen molar-refractivity contribution in [1.82, 2.24) is 11.1 Å². The summed E-state index contributed by atoms with van der Waals surface area (Å²) < 4.78 is 18.7. The summed E-state index contributed by atoms with van der Waals surface area (Å²) in [5.74, 6) is 0. The summed E-state index contributed by atoms with van der Waals surface area (Å²) >= 11 is -1.94. The van der Waals surface area contributed by atoms with E-state index in [9.17, 15) is 4.21 Å². The van der Waals surface area contributed by atoms with Crippen LogP contribution in [0.2, 0.25) is 0 Å². The molecular weight excluding hydrogens is 152 g/mol. The van der Waals surface area contributed by atoms with Gasteiger partial charge in [0, 0.05) is 6.20 Å². The first-order chi connectivity index (χ1) is 4.30. The molecule has 0 saturated carbocycles. The molecule has 4 nitrogen and oxygen atoms in total. The van der Waals surface area contributed by atoms with Crippen LogP contribution in [0.4, 0.5) is 0 Å². The summed E-state index contributed by atoms with van der Waals surface area (Å²) in [6, 6.07) is 4.85. The molecule has 1 rings (SSSR count). The third-order valence-electron chi connectivity index (χ3n) is 0.817. The van der Waals surface area contributed by atoms with Crippen LogP contribution in [0.5, 0.6) is 0 Å². The molecule has 1 aromatic rings. The van der Waals surface area contributed by atoms with Crippen LogP contribution in [0, 0.1) is 0 Å². The topological polar surface area (TPSA) is 85.2 Å². The lowest BCUT2D eigenvalue weighted by atomic mass is 10.5. The molecule has 0 aromatic carbocycles. The summed E-state index contributed by atoms with van der Waals surface area (Å²) in [6.45, 7) is 0. The summed E-state index contributed by atoms with van der Waals surface area (Å²) in [5, 5.41) is 0.192. The van der Waals surface area contributed by atoms with Crippen LogP contribution in [-0.2, 0) is 11.1 Å². The summed E-state index contributed by atoms with van der Waals surface area (Å²) in [5.41, 5.74) is 0. The van der Waals surface area contributed by atoms with E-state index >= 15 is 0 Å². The van der Waals surface area contributed by atoms with Gasteiger partial charge in [-0.15, -0.1) is 0 Å². The van der Waals surface area contributed by atoms with Crippen molar-refractivity contribution in [2.24, 2.45) is 0 Å². The zero-order chi connectivity index (χ0) is 6.69. The van der Waals surface area contributed by atoms with Gasteiger partial charge in [0.15, 0.2) is 5.03 Å². The second kappa shape index (κ2) is 4.10. The monoisotopic (exact) mass is 160 g/mol. The lowest BCUT2D eigenvalue weighted by molar-refractivity contribution is 0.560. The Labute approximate surface area is 61.2 Å². The van der Waals surface area contributed by atoms with Gasteiger partial charge in [0.05, 0.1) is 0 Å². The van der Waals surface area contributed by atoms with Crippen molar-refractivity contribution in [1.29, 1.82) is 0 Å². The lowest BCUT2D eigenvalue weighted by Crippen LogP contribution is -1.89. The Kier molecular flexibility index (Phi) is 3.78. The normalized spacial score (nSPS) is 11.7. The van der Waals surface area contributed by atoms with Crippen molar-refractivity contribution in [2.45, 2.75) is 5.03 Å². The molecule has 0 amide bonds. The van der Waals surface area contributed by atoms with Gasteiger partial charge in [0.2, 0.25) is 11.1 Å². The quantitative estimate of drug-likeness (QED) is 0.595. The average Bonchev–Trinajstić information content (AvgIpc) is 1.90. The molecule has 56 valence electrons. The first kappa shape index (κ1) is 9.22. The zero-order valence-electron chi connectivity index (χ0n) is 5.23. The van der Waals surface area contributed by atoms with E-state index < -0.39 is 11.1 Å². The van der Waals surface area contributed by atoms with Crippen LogP contribution in [0.1, 0.15) is 0 Å². The molecule has 0 aliphatic rings. The van der Waals surface area contributed by atoms with Crippen LogP contribution in [0.3, 0.4) is 0 Å². The van der Waals surface area contributed by atoms with Gasteiger partial charge < -0.3 is 10.7 Å². The van der Waals surface area contributed by atoms with Crippen molar-refractivity contribution in [2.75, 3.05) is 0 Å². The predicted octanol–water partition coefficient (Wildman–Crippen LogP) is 0.824. The van der Waals surface area contributed by atoms with Gasteiger partial charge >= 0.3 is 0 Å². The third kappa shape index (κ3) is 2.22. The molecule has 0 fully saturated rings. The van der Waals surface area contributed by atoms with Crippen molar-refractivity contribution in [3.8, 4) is 0 Å². The van der Waals surface area contributed by atoms with Crippen LogP contribution < -0.4 is 6.15 Å². The second-order valence-corrected chi connectivity index (χ2v) is 2.33. The van der Waals surface area contributed by atoms with Crippen LogP contribution in [0.25, 0.3) is 0 Å². The Bertz CT molecular complexity index is 214. The molecule has 0 saturated heterocycles. The molecule has 4 N–H and O–H groups in total. The smallest absolute Gasteiger partial charge is 0.205 e. The molecular formula is C5H8N2O2S. The molecule has 1 atom stereocenters. The highest BCUT2D eigenvalue weighted by Gasteiger charge is 1.95. The second-order valence-electron chi connectivity index (χ2n) is 1.42. The van der Waals surface area contributed by atoms with Gasteiger partial charge in [0.25, 0.3) is 0 Å². The van der Waals surface area contributed by atoms with Crippen molar-refractivity contribution in [3.63, 3.8) is 0 Å². The van der Waals surface area contributed by atoms with E-state index in [-0.39, 0.29) is 11.2 Å². The summed E-state index contributed by atoms with van der Waals surface area (Å²) in [4.78, 5) is 3.63. The fourth-order valence-corrected chi connectivity index (χ4v) is 0.796. The molecule has 0 aliphatic heterocycles. The van der Waals surface area contributed by atoms with E-state index in [1.807, 2.05) is 0 Å². The first-order valence-corrected chi connectivity index (χ1v) is 3.43. The number of rotatable bonds is 1. The van der Waals surface area contributed by atoms with Gasteiger partial charge in [-0.3, -0.25) is 0 Å². The molecule has 0 radical (unpaired) electrons. The highest BCUT2D eigenvalue weighted by atomic mass is 32.2. The van der Waals surface area contributed by atoms with Crippen LogP contribution in [-0.4, -0.2) is 13.7 Å². The molecule has 0 spiro atoms. The van der Waals surface area contributed by atoms with E-state index in [1.165, 1.54) is 12.3 Å². The molecule has 5 heteroatoms. The Morgan fingerprint density at radius 1 is 1.50 bits per heavy atom. The SMILES string of the molecule is N.O=S(O)c1ccccn1. The zero-order valence-corrected chi connectivity index (χ0v) is 6.04. The van der Waals surface area contributed by atoms with E-state index in [1.54, 1.807) is 12.1 Å². The molecule has 1 aromatic heterocycles. The van der Waals surface area contributed by atoms with E-state index in [0.717, 1.165) is 0 Å². The molecule has 1 unspecified atom stereocenters. The molecule has 10 heavy (non-hydrogen) atoms. The number of hydrogen-bond acceptors (Lipinski definition) is 3. The molecule has 0 aliphatic carbocycles. The van der Waals surface area contributed by atoms with Crippen LogP contribution in [0.15, 0.2) is 29.4 Å².